The number of amides is 1. The van der Waals surface area contributed by atoms with Gasteiger partial charge in [0.2, 0.25) is 5.91 Å². The summed E-state index contributed by atoms with van der Waals surface area (Å²) in [5.41, 5.74) is 1.35. The Morgan fingerprint density at radius 3 is 2.31 bits per heavy atom. The quantitative estimate of drug-likeness (QED) is 0.543. The van der Waals surface area contributed by atoms with Crippen LogP contribution in [0.25, 0.3) is 0 Å². The largest absolute Gasteiger partial charge is 0.355 e. The van der Waals surface area contributed by atoms with Crippen LogP contribution in [0.2, 0.25) is 0 Å². The van der Waals surface area contributed by atoms with Crippen molar-refractivity contribution in [3.05, 3.63) is 52.1 Å². The maximum Gasteiger partial charge on any atom is 0.238 e. The molecule has 0 saturated heterocycles. The second-order valence-corrected chi connectivity index (χ2v) is 6.91. The van der Waals surface area contributed by atoms with Gasteiger partial charge in [0.05, 0.1) is 24.0 Å². The van der Waals surface area contributed by atoms with Crippen molar-refractivity contribution in [3.8, 4) is 0 Å². The Bertz CT molecular complexity index is 985. The van der Waals surface area contributed by atoms with Gasteiger partial charge < -0.3 is 10.3 Å². The van der Waals surface area contributed by atoms with Crippen molar-refractivity contribution in [1.82, 2.24) is 9.88 Å². The number of hydrogen-bond acceptors (Lipinski definition) is 4. The molecular weight excluding hydrogens is 387 g/mol. The lowest BCUT2D eigenvalue weighted by atomic mass is 10.0. The van der Waals surface area contributed by atoms with E-state index in [0.717, 1.165) is 6.07 Å². The molecule has 0 radical (unpaired) electrons. The number of benzene rings is 1. The predicted molar refractivity (Wildman–Crippen MR) is 102 cm³/mol. The topological polar surface area (TPSA) is 82.3 Å². The number of likely N-dealkylation sites (N-methyl/N-ethyl adjacent to an activating group) is 1. The van der Waals surface area contributed by atoms with E-state index in [0.29, 0.717) is 22.9 Å². The standard InChI is InChI=1S/C20H22F3N3O3/c1-9-16(12(4)27)10(2)24-19(9)20(29)11(3)26(5)8-15(28)25-14-7-6-13(21)17(22)18(14)23/h6-7,11,24H,8H2,1-5H3,(H,25,28)/t11-/m1/s1. The first-order valence-corrected chi connectivity index (χ1v) is 8.83. The Morgan fingerprint density at radius 2 is 1.76 bits per heavy atom. The molecule has 1 aromatic carbocycles. The molecule has 0 bridgehead atoms. The molecule has 6 nitrogen and oxygen atoms in total. The van der Waals surface area contributed by atoms with Gasteiger partial charge in [-0.1, -0.05) is 0 Å². The van der Waals surface area contributed by atoms with E-state index in [4.69, 9.17) is 0 Å². The number of nitrogens with one attached hydrogen (secondary N) is 2. The van der Waals surface area contributed by atoms with Gasteiger partial charge in [0.25, 0.3) is 0 Å². The second kappa shape index (κ2) is 8.60. The lowest BCUT2D eigenvalue weighted by molar-refractivity contribution is -0.117. The third kappa shape index (κ3) is 4.56. The summed E-state index contributed by atoms with van der Waals surface area (Å²) >= 11 is 0. The number of rotatable bonds is 7. The number of ketones is 2. The summed E-state index contributed by atoms with van der Waals surface area (Å²) in [6.45, 7) is 6.05. The minimum Gasteiger partial charge on any atom is -0.355 e. The Morgan fingerprint density at radius 1 is 1.14 bits per heavy atom. The highest BCUT2D eigenvalue weighted by molar-refractivity contribution is 6.05. The summed E-state index contributed by atoms with van der Waals surface area (Å²) in [6.07, 6.45) is 0. The van der Waals surface area contributed by atoms with Crippen LogP contribution in [-0.4, -0.2) is 47.0 Å². The van der Waals surface area contributed by atoms with Crippen molar-refractivity contribution in [2.24, 2.45) is 0 Å². The molecule has 0 aliphatic heterocycles. The van der Waals surface area contributed by atoms with Gasteiger partial charge in [-0.3, -0.25) is 19.3 Å². The minimum absolute atomic E-state index is 0.163. The molecule has 9 heteroatoms. The highest BCUT2D eigenvalue weighted by Crippen LogP contribution is 2.21. The molecule has 1 aromatic heterocycles. The zero-order valence-corrected chi connectivity index (χ0v) is 16.7. The molecule has 0 spiro atoms. The number of aryl methyl sites for hydroxylation is 1. The molecule has 0 aliphatic rings. The molecule has 1 amide bonds. The van der Waals surface area contributed by atoms with E-state index in [1.807, 2.05) is 0 Å². The van der Waals surface area contributed by atoms with Crippen LogP contribution in [0, 0.1) is 31.3 Å². The molecule has 2 aromatic rings. The van der Waals surface area contributed by atoms with Crippen LogP contribution in [0.5, 0.6) is 0 Å². The zero-order chi connectivity index (χ0) is 22.0. The van der Waals surface area contributed by atoms with Crippen molar-refractivity contribution < 1.29 is 27.6 Å². The third-order valence-corrected chi connectivity index (χ3v) is 4.78. The van der Waals surface area contributed by atoms with Crippen LogP contribution < -0.4 is 5.32 Å². The highest BCUT2D eigenvalue weighted by Gasteiger charge is 2.27. The smallest absolute Gasteiger partial charge is 0.238 e. The molecule has 0 aliphatic carbocycles. The Balaban J connectivity index is 2.11. The summed E-state index contributed by atoms with van der Waals surface area (Å²) in [7, 11) is 1.51. The molecule has 2 rings (SSSR count). The fraction of sp³-hybridized carbons (Fsp3) is 0.350. The summed E-state index contributed by atoms with van der Waals surface area (Å²) in [5.74, 6) is -5.74. The molecule has 2 N–H and O–H groups in total. The molecule has 0 fully saturated rings. The number of hydrogen-bond donors (Lipinski definition) is 2. The first-order chi connectivity index (χ1) is 13.5. The van der Waals surface area contributed by atoms with Gasteiger partial charge in [0.15, 0.2) is 29.0 Å². The summed E-state index contributed by atoms with van der Waals surface area (Å²) in [4.78, 5) is 41.0. The Labute approximate surface area is 166 Å². The third-order valence-electron chi connectivity index (χ3n) is 4.78. The van der Waals surface area contributed by atoms with Gasteiger partial charge in [-0.05, 0) is 52.4 Å². The number of carbonyl (C=O) groups excluding carboxylic acids is 3. The van der Waals surface area contributed by atoms with Crippen LogP contribution in [0.3, 0.4) is 0 Å². The Hall–Kier alpha value is -2.94. The van der Waals surface area contributed by atoms with Crippen LogP contribution in [0.15, 0.2) is 12.1 Å². The number of H-pyrrole nitrogens is 1. The fourth-order valence-electron chi connectivity index (χ4n) is 3.11. The van der Waals surface area contributed by atoms with Gasteiger partial charge in [-0.25, -0.2) is 13.2 Å². The summed E-state index contributed by atoms with van der Waals surface area (Å²) in [5, 5.41) is 2.16. The molecule has 1 heterocycles. The number of nitrogens with zero attached hydrogens (tertiary/aromatic N) is 1. The van der Waals surface area contributed by atoms with Crippen molar-refractivity contribution in [2.45, 2.75) is 33.7 Å². The van der Waals surface area contributed by atoms with Crippen molar-refractivity contribution in [2.75, 3.05) is 18.9 Å². The van der Waals surface area contributed by atoms with E-state index in [2.05, 4.69) is 10.3 Å². The molecule has 156 valence electrons. The van der Waals surface area contributed by atoms with Crippen LogP contribution in [0.1, 0.15) is 46.0 Å². The molecule has 0 saturated carbocycles. The number of anilines is 1. The molecule has 29 heavy (non-hydrogen) atoms. The van der Waals surface area contributed by atoms with E-state index in [1.54, 1.807) is 20.8 Å². The predicted octanol–water partition coefficient (Wildman–Crippen LogP) is 3.39. The minimum atomic E-state index is -1.68. The maximum atomic E-state index is 13.7. The van der Waals surface area contributed by atoms with E-state index >= 15 is 0 Å². The molecule has 0 unspecified atom stereocenters. The number of carbonyl (C=O) groups is 3. The van der Waals surface area contributed by atoms with Crippen LogP contribution >= 0.6 is 0 Å². The van der Waals surface area contributed by atoms with E-state index in [1.165, 1.54) is 18.9 Å². The summed E-state index contributed by atoms with van der Waals surface area (Å²) < 4.78 is 39.9. The van der Waals surface area contributed by atoms with Gasteiger partial charge in [-0.15, -0.1) is 0 Å². The highest BCUT2D eigenvalue weighted by atomic mass is 19.2. The zero-order valence-electron chi connectivity index (χ0n) is 16.7. The van der Waals surface area contributed by atoms with Crippen LogP contribution in [-0.2, 0) is 4.79 Å². The van der Waals surface area contributed by atoms with Crippen molar-refractivity contribution in [3.63, 3.8) is 0 Å². The number of Topliss-reactive ketones (excluding diaryl/α,β-unsaturated/α-hetero) is 2. The lowest BCUT2D eigenvalue weighted by Gasteiger charge is -2.23. The number of halogens is 3. The molecule has 1 atom stereocenters. The maximum absolute atomic E-state index is 13.7. The normalized spacial score (nSPS) is 12.2. The van der Waals surface area contributed by atoms with Crippen molar-refractivity contribution >= 4 is 23.2 Å². The summed E-state index contributed by atoms with van der Waals surface area (Å²) in [6, 6.07) is 0.869. The van der Waals surface area contributed by atoms with E-state index in [9.17, 15) is 27.6 Å². The SMILES string of the molecule is CC(=O)c1c(C)[nH]c(C(=O)[C@@H](C)N(C)CC(=O)Nc2ccc(F)c(F)c2F)c1C. The first-order valence-electron chi connectivity index (χ1n) is 8.83. The number of aromatic amines is 1. The Kier molecular flexibility index (Phi) is 6.63. The van der Waals surface area contributed by atoms with Gasteiger partial charge in [0, 0.05) is 11.3 Å². The molecular formula is C20H22F3N3O3. The van der Waals surface area contributed by atoms with Gasteiger partial charge in [-0.2, -0.15) is 0 Å². The fourth-order valence-corrected chi connectivity index (χ4v) is 3.11. The first kappa shape index (κ1) is 22.4. The van der Waals surface area contributed by atoms with Crippen LogP contribution in [0.4, 0.5) is 18.9 Å². The van der Waals surface area contributed by atoms with E-state index < -0.39 is 35.1 Å². The average Bonchev–Trinajstić information content (AvgIpc) is 2.95. The van der Waals surface area contributed by atoms with E-state index in [-0.39, 0.29) is 23.8 Å². The van der Waals surface area contributed by atoms with Crippen molar-refractivity contribution in [1.29, 1.82) is 0 Å². The monoisotopic (exact) mass is 409 g/mol. The number of aromatic nitrogens is 1. The van der Waals surface area contributed by atoms with Gasteiger partial charge >= 0.3 is 0 Å². The average molecular weight is 409 g/mol. The lowest BCUT2D eigenvalue weighted by Crippen LogP contribution is -2.41. The second-order valence-electron chi connectivity index (χ2n) is 6.91. The van der Waals surface area contributed by atoms with Gasteiger partial charge in [0.1, 0.15) is 0 Å².